The first-order chi connectivity index (χ1) is 11.2. The van der Waals surface area contributed by atoms with E-state index in [1.807, 2.05) is 36.7 Å². The van der Waals surface area contributed by atoms with Crippen molar-refractivity contribution in [1.82, 2.24) is 19.9 Å². The summed E-state index contributed by atoms with van der Waals surface area (Å²) in [5.41, 5.74) is 3.16. The van der Waals surface area contributed by atoms with Gasteiger partial charge in [0.05, 0.1) is 11.4 Å². The van der Waals surface area contributed by atoms with Gasteiger partial charge in [-0.05, 0) is 38.8 Å². The summed E-state index contributed by atoms with van der Waals surface area (Å²) in [6.45, 7) is 3.92. The lowest BCUT2D eigenvalue weighted by molar-refractivity contribution is 0.392. The number of aromatic nitrogens is 4. The van der Waals surface area contributed by atoms with E-state index in [1.54, 1.807) is 11.8 Å². The fourth-order valence-electron chi connectivity index (χ4n) is 2.58. The maximum atomic E-state index is 5.22. The molecule has 0 spiro atoms. The highest BCUT2D eigenvalue weighted by molar-refractivity contribution is 7.98. The van der Waals surface area contributed by atoms with Gasteiger partial charge in [0.1, 0.15) is 11.6 Å². The normalized spacial score (nSPS) is 14.3. The second-order valence-electron chi connectivity index (χ2n) is 5.87. The predicted molar refractivity (Wildman–Crippen MR) is 88.9 cm³/mol. The molecule has 0 bridgehead atoms. The SMILES string of the molecule is Cc1noc(C)c1CSc1nc(C2CC2)n(-c2ccccc2)n1. The fourth-order valence-corrected chi connectivity index (χ4v) is 3.56. The van der Waals surface area contributed by atoms with Crippen molar-refractivity contribution in [2.24, 2.45) is 0 Å². The Balaban J connectivity index is 1.60. The first kappa shape index (κ1) is 14.5. The molecule has 1 aliphatic rings. The maximum Gasteiger partial charge on any atom is 0.209 e. The number of hydrogen-bond acceptors (Lipinski definition) is 5. The molecule has 0 unspecified atom stereocenters. The fraction of sp³-hybridized carbons (Fsp3) is 0.353. The summed E-state index contributed by atoms with van der Waals surface area (Å²) in [6, 6.07) is 10.2. The molecular formula is C17H18N4OS. The van der Waals surface area contributed by atoms with E-state index in [9.17, 15) is 0 Å². The van der Waals surface area contributed by atoms with Crippen molar-refractivity contribution in [2.45, 2.75) is 43.5 Å². The van der Waals surface area contributed by atoms with E-state index in [1.165, 1.54) is 12.8 Å². The van der Waals surface area contributed by atoms with Crippen molar-refractivity contribution in [3.63, 3.8) is 0 Å². The largest absolute Gasteiger partial charge is 0.361 e. The predicted octanol–water partition coefficient (Wildman–Crippen LogP) is 4.04. The number of para-hydroxylation sites is 1. The standard InChI is InChI=1S/C17H18N4OS/c1-11-15(12(2)22-20-11)10-23-17-18-16(13-8-9-13)21(19-17)14-6-4-3-5-7-14/h3-7,13H,8-10H2,1-2H3. The lowest BCUT2D eigenvalue weighted by atomic mass is 10.2. The van der Waals surface area contributed by atoms with Crippen molar-refractivity contribution in [3.05, 3.63) is 53.2 Å². The highest BCUT2D eigenvalue weighted by atomic mass is 32.2. The molecule has 3 aromatic rings. The van der Waals surface area contributed by atoms with E-state index < -0.39 is 0 Å². The quantitative estimate of drug-likeness (QED) is 0.662. The minimum absolute atomic E-state index is 0.552. The molecule has 0 atom stereocenters. The van der Waals surface area contributed by atoms with E-state index in [0.717, 1.165) is 39.4 Å². The highest BCUT2D eigenvalue weighted by Gasteiger charge is 2.30. The minimum Gasteiger partial charge on any atom is -0.361 e. The molecule has 0 radical (unpaired) electrons. The molecule has 1 saturated carbocycles. The van der Waals surface area contributed by atoms with Crippen LogP contribution in [0.5, 0.6) is 0 Å². The Hall–Kier alpha value is -2.08. The van der Waals surface area contributed by atoms with Gasteiger partial charge in [0.25, 0.3) is 0 Å². The van der Waals surface area contributed by atoms with E-state index in [2.05, 4.69) is 17.3 Å². The van der Waals surface area contributed by atoms with Crippen LogP contribution in [0.25, 0.3) is 5.69 Å². The Morgan fingerprint density at radius 2 is 2.00 bits per heavy atom. The van der Waals surface area contributed by atoms with E-state index in [4.69, 9.17) is 14.6 Å². The topological polar surface area (TPSA) is 56.7 Å². The molecule has 23 heavy (non-hydrogen) atoms. The molecule has 0 aliphatic heterocycles. The van der Waals surface area contributed by atoms with Gasteiger partial charge in [0.2, 0.25) is 5.16 Å². The van der Waals surface area contributed by atoms with Crippen LogP contribution < -0.4 is 0 Å². The molecule has 0 saturated heterocycles. The molecule has 1 aromatic carbocycles. The molecule has 1 aliphatic carbocycles. The lowest BCUT2D eigenvalue weighted by Crippen LogP contribution is -2.01. The van der Waals surface area contributed by atoms with Gasteiger partial charge in [0.15, 0.2) is 0 Å². The Kier molecular flexibility index (Phi) is 3.69. The molecule has 2 aromatic heterocycles. The summed E-state index contributed by atoms with van der Waals surface area (Å²) in [5.74, 6) is 3.29. The number of benzene rings is 1. The van der Waals surface area contributed by atoms with Crippen molar-refractivity contribution in [3.8, 4) is 5.69 Å². The van der Waals surface area contributed by atoms with Crippen molar-refractivity contribution in [1.29, 1.82) is 0 Å². The monoisotopic (exact) mass is 326 g/mol. The molecule has 0 amide bonds. The van der Waals surface area contributed by atoms with Crippen molar-refractivity contribution in [2.75, 3.05) is 0 Å². The maximum absolute atomic E-state index is 5.22. The molecule has 4 rings (SSSR count). The second-order valence-corrected chi connectivity index (χ2v) is 6.81. The average molecular weight is 326 g/mol. The van der Waals surface area contributed by atoms with Crippen LogP contribution in [0.3, 0.4) is 0 Å². The van der Waals surface area contributed by atoms with Crippen LogP contribution in [0, 0.1) is 13.8 Å². The van der Waals surface area contributed by atoms with Gasteiger partial charge in [-0.3, -0.25) is 0 Å². The zero-order valence-electron chi connectivity index (χ0n) is 13.2. The number of hydrogen-bond donors (Lipinski definition) is 0. The number of nitrogens with zero attached hydrogens (tertiary/aromatic N) is 4. The summed E-state index contributed by atoms with van der Waals surface area (Å²) in [7, 11) is 0. The first-order valence-electron chi connectivity index (χ1n) is 7.79. The third kappa shape index (κ3) is 2.91. The molecule has 118 valence electrons. The Morgan fingerprint density at radius 3 is 2.65 bits per heavy atom. The van der Waals surface area contributed by atoms with Gasteiger partial charge in [-0.15, -0.1) is 5.10 Å². The third-order valence-corrected chi connectivity index (χ3v) is 4.95. The number of rotatable bonds is 5. The van der Waals surface area contributed by atoms with Crippen LogP contribution in [-0.2, 0) is 5.75 Å². The van der Waals surface area contributed by atoms with E-state index in [-0.39, 0.29) is 0 Å². The average Bonchev–Trinajstić information content (AvgIpc) is 3.25. The minimum atomic E-state index is 0.552. The molecule has 6 heteroatoms. The summed E-state index contributed by atoms with van der Waals surface area (Å²) >= 11 is 1.64. The molecule has 0 N–H and O–H groups in total. The zero-order chi connectivity index (χ0) is 15.8. The van der Waals surface area contributed by atoms with Gasteiger partial charge >= 0.3 is 0 Å². The Bertz CT molecular complexity index is 801. The van der Waals surface area contributed by atoms with Crippen LogP contribution in [0.4, 0.5) is 0 Å². The zero-order valence-corrected chi connectivity index (χ0v) is 14.0. The molecule has 2 heterocycles. The summed E-state index contributed by atoms with van der Waals surface area (Å²) < 4.78 is 7.21. The van der Waals surface area contributed by atoms with Gasteiger partial charge in [0, 0.05) is 17.2 Å². The molecular weight excluding hydrogens is 308 g/mol. The highest BCUT2D eigenvalue weighted by Crippen LogP contribution is 2.40. The number of thioether (sulfide) groups is 1. The van der Waals surface area contributed by atoms with Crippen LogP contribution >= 0.6 is 11.8 Å². The smallest absolute Gasteiger partial charge is 0.209 e. The van der Waals surface area contributed by atoms with Crippen LogP contribution in [0.1, 0.15) is 41.6 Å². The second kappa shape index (κ2) is 5.85. The Labute approximate surface area is 139 Å². The van der Waals surface area contributed by atoms with Gasteiger partial charge in [-0.25, -0.2) is 9.67 Å². The van der Waals surface area contributed by atoms with Gasteiger partial charge < -0.3 is 4.52 Å². The summed E-state index contributed by atoms with van der Waals surface area (Å²) in [4.78, 5) is 4.77. The van der Waals surface area contributed by atoms with Crippen LogP contribution in [0.15, 0.2) is 40.0 Å². The third-order valence-electron chi connectivity index (χ3n) is 4.08. The van der Waals surface area contributed by atoms with Crippen LogP contribution in [0.2, 0.25) is 0 Å². The van der Waals surface area contributed by atoms with Crippen LogP contribution in [-0.4, -0.2) is 19.9 Å². The van der Waals surface area contributed by atoms with E-state index >= 15 is 0 Å². The molecule has 5 nitrogen and oxygen atoms in total. The van der Waals surface area contributed by atoms with Crippen molar-refractivity contribution >= 4 is 11.8 Å². The summed E-state index contributed by atoms with van der Waals surface area (Å²) in [5, 5.41) is 9.54. The van der Waals surface area contributed by atoms with Gasteiger partial charge in [-0.2, -0.15) is 0 Å². The number of aryl methyl sites for hydroxylation is 2. The first-order valence-corrected chi connectivity index (χ1v) is 8.78. The van der Waals surface area contributed by atoms with Crippen molar-refractivity contribution < 1.29 is 4.52 Å². The van der Waals surface area contributed by atoms with Gasteiger partial charge in [-0.1, -0.05) is 35.1 Å². The van der Waals surface area contributed by atoms with E-state index in [0.29, 0.717) is 5.92 Å². The Morgan fingerprint density at radius 1 is 1.22 bits per heavy atom. The lowest BCUT2D eigenvalue weighted by Gasteiger charge is -2.03. The molecule has 1 fully saturated rings. The summed E-state index contributed by atoms with van der Waals surface area (Å²) in [6.07, 6.45) is 2.42.